The summed E-state index contributed by atoms with van der Waals surface area (Å²) in [5, 5.41) is 4.02. The zero-order valence-corrected chi connectivity index (χ0v) is 8.88. The first-order valence-electron chi connectivity index (χ1n) is 4.94. The third-order valence-electron chi connectivity index (χ3n) is 2.46. The average molecular weight is 220 g/mol. The SMILES string of the molecule is Cn1nccc1CCn1c(=O)cc[nH]c1=O. The topological polar surface area (TPSA) is 72.7 Å². The molecule has 0 fully saturated rings. The van der Waals surface area contributed by atoms with Crippen molar-refractivity contribution in [2.75, 3.05) is 0 Å². The Labute approximate surface area is 91.2 Å². The Morgan fingerprint density at radius 1 is 1.38 bits per heavy atom. The number of aromatic nitrogens is 4. The number of aryl methyl sites for hydroxylation is 2. The summed E-state index contributed by atoms with van der Waals surface area (Å²) in [6, 6.07) is 3.20. The molecule has 6 nitrogen and oxygen atoms in total. The zero-order chi connectivity index (χ0) is 11.5. The molecule has 84 valence electrons. The lowest BCUT2D eigenvalue weighted by Crippen LogP contribution is -2.34. The number of hydrogen-bond donors (Lipinski definition) is 1. The van der Waals surface area contributed by atoms with E-state index >= 15 is 0 Å². The summed E-state index contributed by atoms with van der Waals surface area (Å²) in [6.07, 6.45) is 3.64. The Balaban J connectivity index is 2.20. The quantitative estimate of drug-likeness (QED) is 0.758. The van der Waals surface area contributed by atoms with Gasteiger partial charge in [0, 0.05) is 44.2 Å². The largest absolute Gasteiger partial charge is 0.328 e. The van der Waals surface area contributed by atoms with Gasteiger partial charge in [-0.05, 0) is 6.07 Å². The van der Waals surface area contributed by atoms with Crippen LogP contribution in [-0.2, 0) is 20.0 Å². The number of rotatable bonds is 3. The van der Waals surface area contributed by atoms with Crippen molar-refractivity contribution in [3.05, 3.63) is 51.1 Å². The molecule has 0 atom stereocenters. The third kappa shape index (κ3) is 1.95. The van der Waals surface area contributed by atoms with Gasteiger partial charge in [-0.1, -0.05) is 0 Å². The van der Waals surface area contributed by atoms with Crippen molar-refractivity contribution in [2.45, 2.75) is 13.0 Å². The van der Waals surface area contributed by atoms with E-state index in [9.17, 15) is 9.59 Å². The number of nitrogens with one attached hydrogen (secondary N) is 1. The molecule has 0 aliphatic carbocycles. The molecular formula is C10H12N4O2. The van der Waals surface area contributed by atoms with Crippen LogP contribution in [0.5, 0.6) is 0 Å². The van der Waals surface area contributed by atoms with Crippen molar-refractivity contribution in [1.29, 1.82) is 0 Å². The predicted octanol–water partition coefficient (Wildman–Crippen LogP) is -0.487. The third-order valence-corrected chi connectivity index (χ3v) is 2.46. The van der Waals surface area contributed by atoms with Gasteiger partial charge in [0.15, 0.2) is 0 Å². The maximum atomic E-state index is 11.4. The Hall–Kier alpha value is -2.11. The van der Waals surface area contributed by atoms with Gasteiger partial charge in [-0.25, -0.2) is 4.79 Å². The fourth-order valence-electron chi connectivity index (χ4n) is 1.54. The van der Waals surface area contributed by atoms with Gasteiger partial charge in [-0.2, -0.15) is 5.10 Å². The van der Waals surface area contributed by atoms with Gasteiger partial charge in [0.2, 0.25) is 0 Å². The second-order valence-electron chi connectivity index (χ2n) is 3.47. The van der Waals surface area contributed by atoms with Crippen LogP contribution in [0.2, 0.25) is 0 Å². The van der Waals surface area contributed by atoms with Crippen molar-refractivity contribution in [1.82, 2.24) is 19.3 Å². The minimum absolute atomic E-state index is 0.286. The zero-order valence-electron chi connectivity index (χ0n) is 8.88. The minimum Gasteiger partial charge on any atom is -0.314 e. The van der Waals surface area contributed by atoms with Crippen LogP contribution in [0, 0.1) is 0 Å². The van der Waals surface area contributed by atoms with Gasteiger partial charge in [-0.3, -0.25) is 14.0 Å². The molecule has 2 heterocycles. The molecule has 2 aromatic heterocycles. The fraction of sp³-hybridized carbons (Fsp3) is 0.300. The lowest BCUT2D eigenvalue weighted by molar-refractivity contribution is 0.596. The molecule has 1 N–H and O–H groups in total. The van der Waals surface area contributed by atoms with E-state index in [1.54, 1.807) is 10.9 Å². The molecule has 0 aliphatic heterocycles. The average Bonchev–Trinajstić information content (AvgIpc) is 2.64. The van der Waals surface area contributed by atoms with E-state index in [2.05, 4.69) is 10.1 Å². The first kappa shape index (κ1) is 10.4. The summed E-state index contributed by atoms with van der Waals surface area (Å²) in [7, 11) is 1.83. The maximum absolute atomic E-state index is 11.4. The van der Waals surface area contributed by atoms with Gasteiger partial charge < -0.3 is 4.98 Å². The number of nitrogens with zero attached hydrogens (tertiary/aromatic N) is 3. The highest BCUT2D eigenvalue weighted by molar-refractivity contribution is 5.00. The van der Waals surface area contributed by atoms with Crippen molar-refractivity contribution in [3.8, 4) is 0 Å². The molecule has 0 amide bonds. The standard InChI is InChI=1S/C10H12N4O2/c1-13-8(2-6-12-13)4-7-14-9(15)3-5-11-10(14)16/h2-3,5-6H,4,7H2,1H3,(H,11,16). The lowest BCUT2D eigenvalue weighted by Gasteiger charge is -2.03. The molecule has 0 radical (unpaired) electrons. The highest BCUT2D eigenvalue weighted by Crippen LogP contribution is 1.97. The van der Waals surface area contributed by atoms with E-state index in [1.165, 1.54) is 16.8 Å². The van der Waals surface area contributed by atoms with E-state index in [4.69, 9.17) is 0 Å². The summed E-state index contributed by atoms with van der Waals surface area (Å²) < 4.78 is 2.90. The Morgan fingerprint density at radius 2 is 2.19 bits per heavy atom. The van der Waals surface area contributed by atoms with Gasteiger partial charge in [0.25, 0.3) is 5.56 Å². The van der Waals surface area contributed by atoms with Gasteiger partial charge >= 0.3 is 5.69 Å². The summed E-state index contributed by atoms with van der Waals surface area (Å²) in [4.78, 5) is 25.2. The van der Waals surface area contributed by atoms with Crippen molar-refractivity contribution < 1.29 is 0 Å². The molecule has 0 saturated carbocycles. The molecule has 0 bridgehead atoms. The summed E-state index contributed by atoms with van der Waals surface area (Å²) in [6.45, 7) is 0.356. The molecule has 0 unspecified atom stereocenters. The summed E-state index contributed by atoms with van der Waals surface area (Å²) >= 11 is 0. The van der Waals surface area contributed by atoms with Crippen LogP contribution in [-0.4, -0.2) is 19.3 Å². The summed E-state index contributed by atoms with van der Waals surface area (Å²) in [5.41, 5.74) is 0.315. The smallest absolute Gasteiger partial charge is 0.314 e. The molecule has 16 heavy (non-hydrogen) atoms. The lowest BCUT2D eigenvalue weighted by atomic mass is 10.3. The summed E-state index contributed by atoms with van der Waals surface area (Å²) in [5.74, 6) is 0. The minimum atomic E-state index is -0.380. The second-order valence-corrected chi connectivity index (χ2v) is 3.47. The molecular weight excluding hydrogens is 208 g/mol. The number of H-pyrrole nitrogens is 1. The van der Waals surface area contributed by atoms with Crippen molar-refractivity contribution >= 4 is 0 Å². The molecule has 0 aliphatic rings. The Morgan fingerprint density at radius 3 is 2.81 bits per heavy atom. The van der Waals surface area contributed by atoms with E-state index in [0.29, 0.717) is 13.0 Å². The predicted molar refractivity (Wildman–Crippen MR) is 58.2 cm³/mol. The van der Waals surface area contributed by atoms with Gasteiger partial charge in [0.05, 0.1) is 0 Å². The fourth-order valence-corrected chi connectivity index (χ4v) is 1.54. The maximum Gasteiger partial charge on any atom is 0.328 e. The van der Waals surface area contributed by atoms with Crippen LogP contribution >= 0.6 is 0 Å². The van der Waals surface area contributed by atoms with Crippen molar-refractivity contribution in [3.63, 3.8) is 0 Å². The monoisotopic (exact) mass is 220 g/mol. The van der Waals surface area contributed by atoms with Crippen molar-refractivity contribution in [2.24, 2.45) is 7.05 Å². The first-order chi connectivity index (χ1) is 7.68. The van der Waals surface area contributed by atoms with Crippen LogP contribution in [0.1, 0.15) is 5.69 Å². The Bertz CT molecular complexity index is 565. The van der Waals surface area contributed by atoms with Gasteiger partial charge in [-0.15, -0.1) is 0 Å². The van der Waals surface area contributed by atoms with Crippen LogP contribution in [0.15, 0.2) is 34.1 Å². The Kier molecular flexibility index (Phi) is 2.72. The van der Waals surface area contributed by atoms with E-state index in [-0.39, 0.29) is 11.2 Å². The first-order valence-corrected chi connectivity index (χ1v) is 4.94. The number of aromatic amines is 1. The van der Waals surface area contributed by atoms with Crippen LogP contribution in [0.4, 0.5) is 0 Å². The molecule has 0 aromatic carbocycles. The van der Waals surface area contributed by atoms with Crippen LogP contribution in [0.25, 0.3) is 0 Å². The van der Waals surface area contributed by atoms with E-state index in [0.717, 1.165) is 5.69 Å². The van der Waals surface area contributed by atoms with Gasteiger partial charge in [0.1, 0.15) is 0 Å². The normalized spacial score (nSPS) is 10.6. The highest BCUT2D eigenvalue weighted by atomic mass is 16.2. The number of hydrogen-bond acceptors (Lipinski definition) is 3. The molecule has 2 aromatic rings. The second kappa shape index (κ2) is 4.18. The van der Waals surface area contributed by atoms with E-state index in [1.807, 2.05) is 13.1 Å². The molecule has 0 saturated heterocycles. The van der Waals surface area contributed by atoms with Crippen LogP contribution in [0.3, 0.4) is 0 Å². The van der Waals surface area contributed by atoms with E-state index < -0.39 is 0 Å². The molecule has 6 heteroatoms. The van der Waals surface area contributed by atoms with Crippen LogP contribution < -0.4 is 11.2 Å². The molecule has 0 spiro atoms. The highest BCUT2D eigenvalue weighted by Gasteiger charge is 2.02. The molecule has 2 rings (SSSR count).